The van der Waals surface area contributed by atoms with Crippen LogP contribution in [0, 0.1) is 0 Å². The third-order valence-electron chi connectivity index (χ3n) is 4.03. The Balaban J connectivity index is 0.000000149. The van der Waals surface area contributed by atoms with Crippen LogP contribution in [0.4, 0.5) is 5.82 Å². The van der Waals surface area contributed by atoms with E-state index in [0.29, 0.717) is 18.8 Å². The fourth-order valence-corrected chi connectivity index (χ4v) is 3.05. The van der Waals surface area contributed by atoms with Crippen molar-refractivity contribution in [1.29, 1.82) is 0 Å². The summed E-state index contributed by atoms with van der Waals surface area (Å²) in [4.78, 5) is 11.2. The fraction of sp³-hybridized carbons (Fsp3) is 0.562. The number of hydrogen-bond acceptors (Lipinski definition) is 5. The molecule has 2 aliphatic heterocycles. The number of carbonyl (C=O) groups excluding carboxylic acids is 1. The number of ether oxygens (including phenoxy) is 1. The number of carbonyl (C=O) groups is 1. The van der Waals surface area contributed by atoms with E-state index < -0.39 is 0 Å². The molecule has 0 saturated heterocycles. The van der Waals surface area contributed by atoms with Crippen LogP contribution in [0.2, 0.25) is 0 Å². The van der Waals surface area contributed by atoms with Gasteiger partial charge in [0.15, 0.2) is 0 Å². The van der Waals surface area contributed by atoms with Gasteiger partial charge in [0.25, 0.3) is 0 Å². The molecule has 0 fully saturated rings. The van der Waals surface area contributed by atoms with Gasteiger partial charge in [0.05, 0.1) is 18.7 Å². The lowest BCUT2D eigenvalue weighted by molar-refractivity contribution is -0.142. The van der Waals surface area contributed by atoms with Crippen molar-refractivity contribution in [2.45, 2.75) is 52.1 Å². The molecular weight excluding hydrogens is 294 g/mol. The van der Waals surface area contributed by atoms with Crippen LogP contribution in [0.25, 0.3) is 0 Å². The summed E-state index contributed by atoms with van der Waals surface area (Å²) in [5.41, 5.74) is 8.81. The molecule has 0 radical (unpaired) electrons. The second-order valence-corrected chi connectivity index (χ2v) is 5.82. The van der Waals surface area contributed by atoms with Crippen molar-refractivity contribution >= 4 is 11.8 Å². The molecule has 4 rings (SSSR count). The monoisotopic (exact) mass is 317 g/mol. The van der Waals surface area contributed by atoms with Crippen molar-refractivity contribution in [2.75, 3.05) is 12.3 Å². The number of esters is 1. The molecule has 0 saturated carbocycles. The Kier molecular flexibility index (Phi) is 4.64. The zero-order valence-corrected chi connectivity index (χ0v) is 13.5. The van der Waals surface area contributed by atoms with Gasteiger partial charge >= 0.3 is 5.97 Å². The summed E-state index contributed by atoms with van der Waals surface area (Å²) < 4.78 is 8.82. The zero-order valence-electron chi connectivity index (χ0n) is 13.5. The van der Waals surface area contributed by atoms with Gasteiger partial charge in [0.1, 0.15) is 5.82 Å². The molecule has 0 spiro atoms. The third kappa shape index (κ3) is 3.72. The van der Waals surface area contributed by atoms with Gasteiger partial charge in [-0.15, -0.1) is 0 Å². The second kappa shape index (κ2) is 6.85. The van der Waals surface area contributed by atoms with Crippen LogP contribution in [0.3, 0.4) is 0 Å². The number of nitrogen functional groups attached to an aromatic ring is 1. The molecule has 0 bridgehead atoms. The van der Waals surface area contributed by atoms with Gasteiger partial charge < -0.3 is 10.5 Å². The maximum absolute atomic E-state index is 11.2. The Labute approximate surface area is 135 Å². The highest BCUT2D eigenvalue weighted by atomic mass is 16.5. The zero-order chi connectivity index (χ0) is 16.2. The van der Waals surface area contributed by atoms with Crippen LogP contribution in [0.15, 0.2) is 12.1 Å². The topological polar surface area (TPSA) is 88.0 Å². The molecule has 7 nitrogen and oxygen atoms in total. The maximum Gasteiger partial charge on any atom is 0.311 e. The fourth-order valence-electron chi connectivity index (χ4n) is 3.05. The summed E-state index contributed by atoms with van der Waals surface area (Å²) >= 11 is 0. The van der Waals surface area contributed by atoms with Crippen molar-refractivity contribution in [3.05, 3.63) is 29.2 Å². The van der Waals surface area contributed by atoms with Crippen molar-refractivity contribution in [2.24, 2.45) is 0 Å². The van der Waals surface area contributed by atoms with Gasteiger partial charge in [-0.05, 0) is 38.7 Å². The Morgan fingerprint density at radius 2 is 1.83 bits per heavy atom. The highest BCUT2D eigenvalue weighted by molar-refractivity contribution is 5.71. The maximum atomic E-state index is 11.2. The van der Waals surface area contributed by atoms with Gasteiger partial charge in [-0.25, -0.2) is 0 Å². The summed E-state index contributed by atoms with van der Waals surface area (Å²) in [5, 5.41) is 8.41. The van der Waals surface area contributed by atoms with Crippen LogP contribution in [0.1, 0.15) is 36.8 Å². The molecular formula is C16H23N5O2. The minimum Gasteiger partial charge on any atom is -0.466 e. The van der Waals surface area contributed by atoms with E-state index in [1.807, 2.05) is 28.4 Å². The molecule has 2 aromatic rings. The molecule has 2 aromatic heterocycles. The summed E-state index contributed by atoms with van der Waals surface area (Å²) in [6, 6.07) is 3.96. The Morgan fingerprint density at radius 3 is 2.43 bits per heavy atom. The molecule has 0 atom stereocenters. The van der Waals surface area contributed by atoms with E-state index in [0.717, 1.165) is 31.6 Å². The van der Waals surface area contributed by atoms with Crippen LogP contribution < -0.4 is 5.73 Å². The second-order valence-electron chi connectivity index (χ2n) is 5.82. The van der Waals surface area contributed by atoms with Crippen molar-refractivity contribution in [3.8, 4) is 0 Å². The summed E-state index contributed by atoms with van der Waals surface area (Å²) in [6.07, 6.45) is 4.92. The summed E-state index contributed by atoms with van der Waals surface area (Å²) in [6.45, 7) is 4.28. The third-order valence-corrected chi connectivity index (χ3v) is 4.03. The van der Waals surface area contributed by atoms with Crippen molar-refractivity contribution in [1.82, 2.24) is 19.6 Å². The van der Waals surface area contributed by atoms with E-state index in [9.17, 15) is 4.79 Å². The number of aromatic nitrogens is 4. The molecule has 2 N–H and O–H groups in total. The van der Waals surface area contributed by atoms with E-state index in [1.165, 1.54) is 24.2 Å². The molecule has 0 amide bonds. The quantitative estimate of drug-likeness (QED) is 0.863. The van der Waals surface area contributed by atoms with Gasteiger partial charge in [0, 0.05) is 30.5 Å². The lowest BCUT2D eigenvalue weighted by Gasteiger charge is -1.98. The first-order valence-electron chi connectivity index (χ1n) is 8.19. The van der Waals surface area contributed by atoms with Gasteiger partial charge in [-0.1, -0.05) is 0 Å². The van der Waals surface area contributed by atoms with E-state index in [1.54, 1.807) is 0 Å². The van der Waals surface area contributed by atoms with Gasteiger partial charge in [-0.3, -0.25) is 14.2 Å². The van der Waals surface area contributed by atoms with Crippen molar-refractivity contribution in [3.63, 3.8) is 0 Å². The predicted molar refractivity (Wildman–Crippen MR) is 85.8 cm³/mol. The molecule has 23 heavy (non-hydrogen) atoms. The minimum atomic E-state index is -0.190. The molecule has 124 valence electrons. The number of fused-ring (bicyclic) bond motifs is 2. The highest BCUT2D eigenvalue weighted by Crippen LogP contribution is 2.16. The number of aryl methyl sites for hydroxylation is 4. The summed E-state index contributed by atoms with van der Waals surface area (Å²) in [7, 11) is 0. The minimum absolute atomic E-state index is 0.190. The van der Waals surface area contributed by atoms with E-state index in [-0.39, 0.29) is 5.97 Å². The number of anilines is 1. The van der Waals surface area contributed by atoms with E-state index >= 15 is 0 Å². The summed E-state index contributed by atoms with van der Waals surface area (Å²) in [5.74, 6) is 0.467. The lowest BCUT2D eigenvalue weighted by Crippen LogP contribution is -2.08. The molecule has 2 aliphatic rings. The predicted octanol–water partition coefficient (Wildman–Crippen LogP) is 1.35. The number of nitrogens with two attached hydrogens (primary N) is 1. The smallest absolute Gasteiger partial charge is 0.311 e. The average Bonchev–Trinajstić information content (AvgIpc) is 3.19. The largest absolute Gasteiger partial charge is 0.466 e. The number of nitrogens with zero attached hydrogens (tertiary/aromatic N) is 4. The van der Waals surface area contributed by atoms with E-state index in [2.05, 4.69) is 10.2 Å². The van der Waals surface area contributed by atoms with Gasteiger partial charge in [-0.2, -0.15) is 10.2 Å². The van der Waals surface area contributed by atoms with E-state index in [4.69, 9.17) is 10.5 Å². The molecule has 7 heteroatoms. The first-order chi connectivity index (χ1) is 11.2. The average molecular weight is 317 g/mol. The molecule has 0 unspecified atom stereocenters. The van der Waals surface area contributed by atoms with Crippen LogP contribution in [0.5, 0.6) is 0 Å². The first kappa shape index (κ1) is 15.6. The first-order valence-corrected chi connectivity index (χ1v) is 8.19. The standard InChI is InChI=1S/C10H14N2O2.C6H9N3/c1-2-14-10(13)7-8-6-9-4-3-5-12(9)11-8;7-6-4-5-2-1-3-9(5)8-6/h6H,2-5,7H2,1H3;4H,1-3H2,(H2,7,8). The van der Waals surface area contributed by atoms with Crippen LogP contribution in [-0.4, -0.2) is 32.1 Å². The molecule has 4 heterocycles. The Bertz CT molecular complexity index is 646. The SMILES string of the molecule is CCOC(=O)Cc1cc2n(n1)CCC2.Nc1cc2n(n1)CCC2. The number of rotatable bonds is 3. The van der Waals surface area contributed by atoms with Crippen LogP contribution in [-0.2, 0) is 41.9 Å². The van der Waals surface area contributed by atoms with Gasteiger partial charge in [0.2, 0.25) is 0 Å². The van der Waals surface area contributed by atoms with Crippen LogP contribution >= 0.6 is 0 Å². The Hall–Kier alpha value is -2.31. The number of hydrogen-bond donors (Lipinski definition) is 1. The lowest BCUT2D eigenvalue weighted by atomic mass is 10.2. The normalized spacial score (nSPS) is 14.8. The van der Waals surface area contributed by atoms with Crippen molar-refractivity contribution < 1.29 is 9.53 Å². The highest BCUT2D eigenvalue weighted by Gasteiger charge is 2.15. The molecule has 0 aliphatic carbocycles. The molecule has 0 aromatic carbocycles. The Morgan fingerprint density at radius 1 is 1.17 bits per heavy atom.